The van der Waals surface area contributed by atoms with Crippen LogP contribution < -0.4 is 20.9 Å². The van der Waals surface area contributed by atoms with Gasteiger partial charge in [0.25, 0.3) is 0 Å². The van der Waals surface area contributed by atoms with Crippen molar-refractivity contribution < 1.29 is 0 Å². The van der Waals surface area contributed by atoms with Gasteiger partial charge in [-0.3, -0.25) is 0 Å². The summed E-state index contributed by atoms with van der Waals surface area (Å²) in [4.78, 5) is 6.92. The number of anilines is 4. The van der Waals surface area contributed by atoms with Gasteiger partial charge in [-0.15, -0.1) is 0 Å². The van der Waals surface area contributed by atoms with Crippen molar-refractivity contribution in [1.82, 2.24) is 4.98 Å². The number of rotatable bonds is 3. The number of aromatic nitrogens is 1. The number of hydrogen-bond acceptors (Lipinski definition) is 5. The molecule has 0 unspecified atom stereocenters. The van der Waals surface area contributed by atoms with Crippen molar-refractivity contribution >= 4 is 22.9 Å². The topological polar surface area (TPSA) is 52.2 Å². The van der Waals surface area contributed by atoms with E-state index >= 15 is 0 Å². The molecule has 0 bridgehead atoms. The first-order valence-corrected chi connectivity index (χ1v) is 7.87. The van der Waals surface area contributed by atoms with Gasteiger partial charge in [0.1, 0.15) is 5.82 Å². The molecule has 0 radical (unpaired) electrons. The normalized spacial score (nSPS) is 19.5. The molecule has 1 fully saturated rings. The summed E-state index contributed by atoms with van der Waals surface area (Å²) >= 11 is 0. The minimum atomic E-state index is 0.440. The minimum Gasteiger partial charge on any atom is -0.373 e. The lowest BCUT2D eigenvalue weighted by Crippen LogP contribution is -2.22. The van der Waals surface area contributed by atoms with Crippen molar-refractivity contribution in [2.45, 2.75) is 18.9 Å². The zero-order valence-electron chi connectivity index (χ0n) is 12.8. The molecule has 2 aliphatic rings. The van der Waals surface area contributed by atoms with Crippen molar-refractivity contribution in [2.75, 3.05) is 41.1 Å². The van der Waals surface area contributed by atoms with Crippen LogP contribution in [0.1, 0.15) is 24.4 Å². The monoisotopic (exact) mass is 295 g/mol. The molecule has 1 saturated heterocycles. The highest BCUT2D eigenvalue weighted by Gasteiger charge is 2.27. The molecular formula is C17H21N5. The van der Waals surface area contributed by atoms with Crippen molar-refractivity contribution in [3.63, 3.8) is 0 Å². The Balaban J connectivity index is 1.62. The molecule has 4 rings (SSSR count). The lowest BCUT2D eigenvalue weighted by atomic mass is 10.0. The van der Waals surface area contributed by atoms with Gasteiger partial charge < -0.3 is 20.9 Å². The first kappa shape index (κ1) is 13.2. The van der Waals surface area contributed by atoms with Gasteiger partial charge in [-0.25, -0.2) is 4.98 Å². The fraction of sp³-hybridized carbons (Fsp3) is 0.353. The predicted molar refractivity (Wildman–Crippen MR) is 91.7 cm³/mol. The van der Waals surface area contributed by atoms with E-state index in [9.17, 15) is 0 Å². The third kappa shape index (κ3) is 2.22. The Kier molecular flexibility index (Phi) is 3.25. The molecule has 5 heteroatoms. The number of benzene rings is 1. The molecule has 114 valence electrons. The molecule has 3 heterocycles. The Morgan fingerprint density at radius 2 is 2.09 bits per heavy atom. The van der Waals surface area contributed by atoms with Gasteiger partial charge in [-0.2, -0.15) is 0 Å². The molecule has 0 spiro atoms. The van der Waals surface area contributed by atoms with Crippen LogP contribution >= 0.6 is 0 Å². The zero-order chi connectivity index (χ0) is 14.9. The highest BCUT2D eigenvalue weighted by atomic mass is 15.2. The molecule has 3 N–H and O–H groups in total. The molecule has 2 aromatic rings. The molecule has 5 nitrogen and oxygen atoms in total. The van der Waals surface area contributed by atoms with Crippen LogP contribution in [0.25, 0.3) is 0 Å². The van der Waals surface area contributed by atoms with E-state index < -0.39 is 0 Å². The lowest BCUT2D eigenvalue weighted by Gasteiger charge is -2.27. The summed E-state index contributed by atoms with van der Waals surface area (Å²) in [6, 6.07) is 11.4. The van der Waals surface area contributed by atoms with Crippen molar-refractivity contribution in [1.29, 1.82) is 0 Å². The smallest absolute Gasteiger partial charge is 0.125 e. The molecule has 2 aliphatic heterocycles. The predicted octanol–water partition coefficient (Wildman–Crippen LogP) is 3.26. The van der Waals surface area contributed by atoms with Gasteiger partial charge in [0.15, 0.2) is 0 Å². The largest absolute Gasteiger partial charge is 0.373 e. The Hall–Kier alpha value is -2.43. The van der Waals surface area contributed by atoms with E-state index in [4.69, 9.17) is 0 Å². The number of pyridine rings is 1. The van der Waals surface area contributed by atoms with E-state index in [1.54, 1.807) is 0 Å². The Labute approximate surface area is 130 Å². The standard InChI is InChI=1S/C17H21N5/c1-18-17-7-5-13(10-19-17)22-8-2-3-16(22)12-4-6-14-15(9-12)21-11-20-14/h4-7,9-10,16,20-21H,2-3,8,11H2,1H3,(H,18,19)/t16-/m1/s1. The Morgan fingerprint density at radius 1 is 1.18 bits per heavy atom. The summed E-state index contributed by atoms with van der Waals surface area (Å²) in [5, 5.41) is 9.79. The molecule has 0 amide bonds. The van der Waals surface area contributed by atoms with E-state index in [0.717, 1.165) is 19.0 Å². The summed E-state index contributed by atoms with van der Waals surface area (Å²) in [5.41, 5.74) is 5.00. The highest BCUT2D eigenvalue weighted by molar-refractivity contribution is 5.74. The lowest BCUT2D eigenvalue weighted by molar-refractivity contribution is 0.719. The van der Waals surface area contributed by atoms with Gasteiger partial charge in [0, 0.05) is 13.6 Å². The summed E-state index contributed by atoms with van der Waals surface area (Å²) in [5.74, 6) is 0.910. The summed E-state index contributed by atoms with van der Waals surface area (Å²) in [6.07, 6.45) is 4.39. The minimum absolute atomic E-state index is 0.440. The van der Waals surface area contributed by atoms with Crippen LogP contribution in [0.2, 0.25) is 0 Å². The first-order chi connectivity index (χ1) is 10.8. The van der Waals surface area contributed by atoms with Crippen LogP contribution in [-0.4, -0.2) is 25.2 Å². The third-order valence-electron chi connectivity index (χ3n) is 4.57. The van der Waals surface area contributed by atoms with Crippen LogP contribution in [0.5, 0.6) is 0 Å². The van der Waals surface area contributed by atoms with Gasteiger partial charge in [0.05, 0.1) is 36.0 Å². The third-order valence-corrected chi connectivity index (χ3v) is 4.57. The van der Waals surface area contributed by atoms with Crippen LogP contribution in [0.3, 0.4) is 0 Å². The average molecular weight is 295 g/mol. The second kappa shape index (κ2) is 5.40. The first-order valence-electron chi connectivity index (χ1n) is 7.87. The van der Waals surface area contributed by atoms with E-state index in [0.29, 0.717) is 6.04 Å². The van der Waals surface area contributed by atoms with E-state index in [1.807, 2.05) is 19.3 Å². The molecular weight excluding hydrogens is 274 g/mol. The van der Waals surface area contributed by atoms with Crippen LogP contribution in [0.15, 0.2) is 36.5 Å². The molecule has 0 saturated carbocycles. The maximum Gasteiger partial charge on any atom is 0.125 e. The SMILES string of the molecule is CNc1ccc(N2CCC[C@@H]2c2ccc3c(c2)NCN3)cn1. The number of fused-ring (bicyclic) bond motifs is 1. The van der Waals surface area contributed by atoms with E-state index in [2.05, 4.69) is 50.1 Å². The summed E-state index contributed by atoms with van der Waals surface area (Å²) in [7, 11) is 1.90. The molecule has 1 aromatic carbocycles. The summed E-state index contributed by atoms with van der Waals surface area (Å²) < 4.78 is 0. The van der Waals surface area contributed by atoms with Gasteiger partial charge in [-0.1, -0.05) is 6.07 Å². The van der Waals surface area contributed by atoms with Crippen LogP contribution in [-0.2, 0) is 0 Å². The second-order valence-corrected chi connectivity index (χ2v) is 5.84. The highest BCUT2D eigenvalue weighted by Crippen LogP contribution is 2.38. The fourth-order valence-electron chi connectivity index (χ4n) is 3.43. The quantitative estimate of drug-likeness (QED) is 0.811. The number of nitrogens with zero attached hydrogens (tertiary/aromatic N) is 2. The van der Waals surface area contributed by atoms with E-state index in [-0.39, 0.29) is 0 Å². The molecule has 1 atom stereocenters. The summed E-state index contributed by atoms with van der Waals surface area (Å²) in [6.45, 7) is 1.91. The van der Waals surface area contributed by atoms with Gasteiger partial charge in [0.2, 0.25) is 0 Å². The van der Waals surface area contributed by atoms with E-state index in [1.165, 1.54) is 35.5 Å². The molecule has 22 heavy (non-hydrogen) atoms. The van der Waals surface area contributed by atoms with Crippen LogP contribution in [0.4, 0.5) is 22.9 Å². The second-order valence-electron chi connectivity index (χ2n) is 5.84. The van der Waals surface area contributed by atoms with Crippen molar-refractivity contribution in [3.8, 4) is 0 Å². The maximum absolute atomic E-state index is 4.45. The van der Waals surface area contributed by atoms with Gasteiger partial charge >= 0.3 is 0 Å². The average Bonchev–Trinajstić information content (AvgIpc) is 3.23. The number of hydrogen-bond donors (Lipinski definition) is 3. The fourth-order valence-corrected chi connectivity index (χ4v) is 3.43. The van der Waals surface area contributed by atoms with Crippen molar-refractivity contribution in [3.05, 3.63) is 42.1 Å². The van der Waals surface area contributed by atoms with Crippen LogP contribution in [0, 0.1) is 0 Å². The van der Waals surface area contributed by atoms with Crippen molar-refractivity contribution in [2.24, 2.45) is 0 Å². The Bertz CT molecular complexity index is 667. The zero-order valence-corrected chi connectivity index (χ0v) is 12.8. The number of nitrogens with one attached hydrogen (secondary N) is 3. The van der Waals surface area contributed by atoms with Gasteiger partial charge in [-0.05, 0) is 42.7 Å². The Morgan fingerprint density at radius 3 is 2.91 bits per heavy atom. The molecule has 0 aliphatic carbocycles. The molecule has 1 aromatic heterocycles. The maximum atomic E-state index is 4.45.